The van der Waals surface area contributed by atoms with E-state index in [1.165, 1.54) is 0 Å². The molecule has 0 aromatic carbocycles. The largest absolute Gasteiger partial charge is 0.377 e. The lowest BCUT2D eigenvalue weighted by Crippen LogP contribution is -2.16. The Morgan fingerprint density at radius 3 is 2.44 bits per heavy atom. The number of carbonyl (C=O) groups is 1. The molecular weight excluding hydrogens is 202 g/mol. The summed E-state index contributed by atoms with van der Waals surface area (Å²) in [4.78, 5) is 10.8. The Labute approximate surface area is 100 Å². The predicted molar refractivity (Wildman–Crippen MR) is 69.5 cm³/mol. The van der Waals surface area contributed by atoms with Gasteiger partial charge in [-0.15, -0.1) is 6.58 Å². The molecule has 0 aromatic rings. The molecule has 0 spiro atoms. The molecule has 0 aliphatic rings. The summed E-state index contributed by atoms with van der Waals surface area (Å²) in [5, 5.41) is 2.61. The van der Waals surface area contributed by atoms with E-state index in [0.717, 1.165) is 32.3 Å². The van der Waals surface area contributed by atoms with Crippen LogP contribution in [0.1, 0.15) is 46.0 Å². The molecule has 1 N–H and O–H groups in total. The first-order chi connectivity index (χ1) is 7.81. The molecule has 0 atom stereocenters. The number of rotatable bonds is 9. The topological polar surface area (TPSA) is 38.3 Å². The predicted octanol–water partition coefficient (Wildman–Crippen LogP) is 2.91. The lowest BCUT2D eigenvalue weighted by molar-refractivity contribution is -0.120. The summed E-state index contributed by atoms with van der Waals surface area (Å²) >= 11 is 0. The highest BCUT2D eigenvalue weighted by Crippen LogP contribution is 2.02. The minimum Gasteiger partial charge on any atom is -0.377 e. The fourth-order valence-corrected chi connectivity index (χ4v) is 1.13. The maximum Gasteiger partial charge on any atom is 0.219 e. The van der Waals surface area contributed by atoms with Crippen molar-refractivity contribution in [3.63, 3.8) is 0 Å². The summed E-state index contributed by atoms with van der Waals surface area (Å²) in [6.07, 6.45) is 6.68. The van der Waals surface area contributed by atoms with Crippen LogP contribution in [-0.4, -0.2) is 26.2 Å². The lowest BCUT2D eigenvalue weighted by atomic mass is 10.1. The van der Waals surface area contributed by atoms with Gasteiger partial charge in [0, 0.05) is 20.1 Å². The van der Waals surface area contributed by atoms with Gasteiger partial charge in [-0.2, -0.15) is 0 Å². The maximum absolute atomic E-state index is 10.8. The number of hydrogen-bond acceptors (Lipinski definition) is 2. The molecule has 0 bridgehead atoms. The summed E-state index contributed by atoms with van der Waals surface area (Å²) in [5.41, 5.74) is 0. The standard InChI is InChI=1S/C11H21NO2.C2H6/c1-3-9-14-10-7-5-4-6-8-11(13)12-2;1-2/h3H,1,4-10H2,2H3,(H,12,13);1-2H3. The van der Waals surface area contributed by atoms with Gasteiger partial charge >= 0.3 is 0 Å². The van der Waals surface area contributed by atoms with Crippen molar-refractivity contribution in [1.29, 1.82) is 0 Å². The third kappa shape index (κ3) is 15.6. The van der Waals surface area contributed by atoms with Gasteiger partial charge in [0.05, 0.1) is 6.61 Å². The Morgan fingerprint density at radius 1 is 1.25 bits per heavy atom. The van der Waals surface area contributed by atoms with Crippen LogP contribution >= 0.6 is 0 Å². The first-order valence-corrected chi connectivity index (χ1v) is 6.20. The van der Waals surface area contributed by atoms with E-state index in [1.807, 2.05) is 13.8 Å². The second-order valence-corrected chi connectivity index (χ2v) is 3.20. The number of ether oxygens (including phenoxy) is 1. The van der Waals surface area contributed by atoms with Crippen molar-refractivity contribution in [3.05, 3.63) is 12.7 Å². The fraction of sp³-hybridized carbons (Fsp3) is 0.769. The van der Waals surface area contributed by atoms with Crippen LogP contribution in [0.4, 0.5) is 0 Å². The summed E-state index contributed by atoms with van der Waals surface area (Å²) < 4.78 is 5.23. The SMILES string of the molecule is C=CCOCCCCCCC(=O)NC.CC. The Kier molecular flexibility index (Phi) is 18.2. The van der Waals surface area contributed by atoms with E-state index in [4.69, 9.17) is 4.74 Å². The quantitative estimate of drug-likeness (QED) is 0.487. The van der Waals surface area contributed by atoms with Gasteiger partial charge in [0.25, 0.3) is 0 Å². The van der Waals surface area contributed by atoms with Crippen molar-refractivity contribution >= 4 is 5.91 Å². The van der Waals surface area contributed by atoms with Crippen molar-refractivity contribution in [3.8, 4) is 0 Å². The molecule has 3 nitrogen and oxygen atoms in total. The number of nitrogens with one attached hydrogen (secondary N) is 1. The summed E-state index contributed by atoms with van der Waals surface area (Å²) in [7, 11) is 1.67. The van der Waals surface area contributed by atoms with E-state index in [9.17, 15) is 4.79 Å². The van der Waals surface area contributed by atoms with Crippen molar-refractivity contribution in [1.82, 2.24) is 5.32 Å². The van der Waals surface area contributed by atoms with Crippen molar-refractivity contribution < 1.29 is 9.53 Å². The normalized spacial score (nSPS) is 8.94. The molecule has 1 amide bonds. The van der Waals surface area contributed by atoms with Crippen LogP contribution in [0.5, 0.6) is 0 Å². The lowest BCUT2D eigenvalue weighted by Gasteiger charge is -2.01. The highest BCUT2D eigenvalue weighted by Gasteiger charge is 1.96. The van der Waals surface area contributed by atoms with Crippen LogP contribution in [0.15, 0.2) is 12.7 Å². The first-order valence-electron chi connectivity index (χ1n) is 6.20. The van der Waals surface area contributed by atoms with Gasteiger partial charge in [-0.3, -0.25) is 4.79 Å². The Morgan fingerprint density at radius 2 is 1.88 bits per heavy atom. The maximum atomic E-state index is 10.8. The van der Waals surface area contributed by atoms with Crippen LogP contribution in [-0.2, 0) is 9.53 Å². The number of hydrogen-bond donors (Lipinski definition) is 1. The summed E-state index contributed by atoms with van der Waals surface area (Å²) in [5.74, 6) is 0.132. The number of carbonyl (C=O) groups excluding carboxylic acids is 1. The smallest absolute Gasteiger partial charge is 0.219 e. The van der Waals surface area contributed by atoms with Crippen molar-refractivity contribution in [2.45, 2.75) is 46.0 Å². The zero-order valence-corrected chi connectivity index (χ0v) is 11.1. The van der Waals surface area contributed by atoms with E-state index in [-0.39, 0.29) is 5.91 Å². The van der Waals surface area contributed by atoms with Crippen molar-refractivity contribution in [2.24, 2.45) is 0 Å². The second-order valence-electron chi connectivity index (χ2n) is 3.20. The van der Waals surface area contributed by atoms with Gasteiger partial charge < -0.3 is 10.1 Å². The monoisotopic (exact) mass is 229 g/mol. The Hall–Kier alpha value is -0.830. The molecule has 3 heteroatoms. The van der Waals surface area contributed by atoms with Gasteiger partial charge in [-0.25, -0.2) is 0 Å². The summed E-state index contributed by atoms with van der Waals surface area (Å²) in [6.45, 7) is 9.00. The highest BCUT2D eigenvalue weighted by molar-refractivity contribution is 5.75. The van der Waals surface area contributed by atoms with Gasteiger partial charge in [-0.1, -0.05) is 32.8 Å². The van der Waals surface area contributed by atoms with Crippen LogP contribution in [0.2, 0.25) is 0 Å². The van der Waals surface area contributed by atoms with Crippen LogP contribution < -0.4 is 5.32 Å². The molecule has 0 aliphatic heterocycles. The van der Waals surface area contributed by atoms with Crippen LogP contribution in [0.25, 0.3) is 0 Å². The Bertz CT molecular complexity index is 158. The fourth-order valence-electron chi connectivity index (χ4n) is 1.13. The van der Waals surface area contributed by atoms with E-state index >= 15 is 0 Å². The van der Waals surface area contributed by atoms with Gasteiger partial charge in [-0.05, 0) is 12.8 Å². The summed E-state index contributed by atoms with van der Waals surface area (Å²) in [6, 6.07) is 0. The van der Waals surface area contributed by atoms with E-state index in [1.54, 1.807) is 13.1 Å². The molecule has 0 saturated heterocycles. The molecular formula is C13H27NO2. The molecule has 16 heavy (non-hydrogen) atoms. The molecule has 0 rings (SSSR count). The second kappa shape index (κ2) is 16.6. The van der Waals surface area contributed by atoms with Gasteiger partial charge in [0.1, 0.15) is 0 Å². The minimum atomic E-state index is 0.132. The van der Waals surface area contributed by atoms with E-state index < -0.39 is 0 Å². The Balaban J connectivity index is 0. The average Bonchev–Trinajstić information content (AvgIpc) is 2.34. The van der Waals surface area contributed by atoms with Crippen molar-refractivity contribution in [2.75, 3.05) is 20.3 Å². The van der Waals surface area contributed by atoms with Gasteiger partial charge in [0.2, 0.25) is 5.91 Å². The molecule has 0 fully saturated rings. The molecule has 0 radical (unpaired) electrons. The molecule has 0 saturated carbocycles. The zero-order valence-electron chi connectivity index (χ0n) is 11.1. The molecule has 96 valence electrons. The van der Waals surface area contributed by atoms with Crippen LogP contribution in [0, 0.1) is 0 Å². The third-order valence-electron chi connectivity index (χ3n) is 1.96. The number of amides is 1. The molecule has 0 heterocycles. The average molecular weight is 229 g/mol. The van der Waals surface area contributed by atoms with E-state index in [2.05, 4.69) is 11.9 Å². The zero-order chi connectivity index (χ0) is 12.6. The first kappa shape index (κ1) is 17.6. The molecule has 0 unspecified atom stereocenters. The van der Waals surface area contributed by atoms with E-state index in [0.29, 0.717) is 13.0 Å². The minimum absolute atomic E-state index is 0.132. The van der Waals surface area contributed by atoms with Crippen LogP contribution in [0.3, 0.4) is 0 Å². The number of unbranched alkanes of at least 4 members (excludes halogenated alkanes) is 3. The molecule has 0 aliphatic carbocycles. The highest BCUT2D eigenvalue weighted by atomic mass is 16.5. The van der Waals surface area contributed by atoms with Gasteiger partial charge in [0.15, 0.2) is 0 Å². The third-order valence-corrected chi connectivity index (χ3v) is 1.96. The molecule has 0 aromatic heterocycles.